The molecule has 0 bridgehead atoms. The van der Waals surface area contributed by atoms with E-state index in [9.17, 15) is 9.59 Å². The molecule has 0 aromatic carbocycles. The number of likely N-dealkylation sites (tertiary alicyclic amines) is 1. The maximum Gasteiger partial charge on any atom is 0.317 e. The number of carbonyl (C=O) groups excluding carboxylic acids is 1. The monoisotopic (exact) mass is 271 g/mol. The second-order valence-electron chi connectivity index (χ2n) is 5.08. The molecule has 1 saturated heterocycles. The van der Waals surface area contributed by atoms with Crippen molar-refractivity contribution in [1.29, 1.82) is 0 Å². The van der Waals surface area contributed by atoms with E-state index in [1.54, 1.807) is 0 Å². The Bertz CT molecular complexity index is 304. The van der Waals surface area contributed by atoms with Crippen LogP contribution in [0.4, 0.5) is 4.79 Å². The zero-order valence-corrected chi connectivity index (χ0v) is 11.9. The van der Waals surface area contributed by atoms with Gasteiger partial charge in [0.25, 0.3) is 0 Å². The average Bonchev–Trinajstić information content (AvgIpc) is 2.81. The van der Waals surface area contributed by atoms with Crippen LogP contribution in [0.5, 0.6) is 0 Å². The van der Waals surface area contributed by atoms with Crippen molar-refractivity contribution in [1.82, 2.24) is 15.1 Å². The Hall–Kier alpha value is -1.30. The molecule has 6 heteroatoms. The zero-order valence-electron chi connectivity index (χ0n) is 11.9. The third kappa shape index (κ3) is 5.92. The third-order valence-corrected chi connectivity index (χ3v) is 3.37. The second-order valence-corrected chi connectivity index (χ2v) is 5.08. The van der Waals surface area contributed by atoms with Crippen molar-refractivity contribution >= 4 is 12.0 Å². The molecule has 0 aromatic rings. The predicted molar refractivity (Wildman–Crippen MR) is 73.2 cm³/mol. The van der Waals surface area contributed by atoms with Crippen LogP contribution in [-0.2, 0) is 4.79 Å². The number of carboxylic acid groups (broad SMARTS) is 1. The number of hydrogen-bond acceptors (Lipinski definition) is 3. The Kier molecular flexibility index (Phi) is 6.62. The molecule has 0 aromatic heterocycles. The van der Waals surface area contributed by atoms with Gasteiger partial charge in [0.15, 0.2) is 0 Å². The fourth-order valence-electron chi connectivity index (χ4n) is 2.33. The van der Waals surface area contributed by atoms with Gasteiger partial charge in [-0.3, -0.25) is 4.79 Å². The molecule has 1 aliphatic heterocycles. The van der Waals surface area contributed by atoms with Crippen molar-refractivity contribution in [2.24, 2.45) is 0 Å². The number of hydrogen-bond donors (Lipinski definition) is 2. The Balaban J connectivity index is 2.31. The average molecular weight is 271 g/mol. The molecule has 110 valence electrons. The predicted octanol–water partition coefficient (Wildman–Crippen LogP) is 0.977. The number of nitrogens with one attached hydrogen (secondary N) is 1. The first-order chi connectivity index (χ1) is 9.02. The van der Waals surface area contributed by atoms with Gasteiger partial charge in [-0.2, -0.15) is 0 Å². The fraction of sp³-hybridized carbons (Fsp3) is 0.846. The van der Waals surface area contributed by atoms with Gasteiger partial charge in [-0.15, -0.1) is 0 Å². The summed E-state index contributed by atoms with van der Waals surface area (Å²) in [7, 11) is 0. The number of rotatable bonds is 7. The molecule has 0 saturated carbocycles. The minimum absolute atomic E-state index is 0.0121. The standard InChI is InChI=1S/C13H25N3O3/c1-3-16(9-6-12(17)18)13(19)14-11(2)10-15-7-4-5-8-15/h11H,3-10H2,1-2H3,(H,14,19)(H,17,18). The zero-order chi connectivity index (χ0) is 14.3. The number of nitrogens with zero attached hydrogens (tertiary/aromatic N) is 2. The Labute approximate surface area is 114 Å². The van der Waals surface area contributed by atoms with E-state index < -0.39 is 5.97 Å². The number of carboxylic acids is 1. The molecule has 1 atom stereocenters. The highest BCUT2D eigenvalue weighted by atomic mass is 16.4. The minimum atomic E-state index is -0.878. The molecule has 1 rings (SSSR count). The minimum Gasteiger partial charge on any atom is -0.481 e. The molecular weight excluding hydrogens is 246 g/mol. The fourth-order valence-corrected chi connectivity index (χ4v) is 2.33. The van der Waals surface area contributed by atoms with E-state index in [1.807, 2.05) is 13.8 Å². The highest BCUT2D eigenvalue weighted by Gasteiger charge is 2.18. The topological polar surface area (TPSA) is 72.9 Å². The summed E-state index contributed by atoms with van der Waals surface area (Å²) in [5.41, 5.74) is 0. The summed E-state index contributed by atoms with van der Waals surface area (Å²) in [6.45, 7) is 7.70. The maximum absolute atomic E-state index is 12.0. The van der Waals surface area contributed by atoms with Gasteiger partial charge < -0.3 is 20.2 Å². The number of amides is 2. The summed E-state index contributed by atoms with van der Waals surface area (Å²) in [4.78, 5) is 26.4. The van der Waals surface area contributed by atoms with E-state index in [2.05, 4.69) is 10.2 Å². The molecule has 19 heavy (non-hydrogen) atoms. The smallest absolute Gasteiger partial charge is 0.317 e. The molecule has 1 fully saturated rings. The van der Waals surface area contributed by atoms with E-state index in [-0.39, 0.29) is 25.0 Å². The lowest BCUT2D eigenvalue weighted by Gasteiger charge is -2.25. The lowest BCUT2D eigenvalue weighted by molar-refractivity contribution is -0.137. The summed E-state index contributed by atoms with van der Waals surface area (Å²) in [6.07, 6.45) is 2.46. The van der Waals surface area contributed by atoms with Gasteiger partial charge >= 0.3 is 12.0 Å². The van der Waals surface area contributed by atoms with Crippen LogP contribution in [0.3, 0.4) is 0 Å². The summed E-state index contributed by atoms with van der Waals surface area (Å²) in [5.74, 6) is -0.878. The molecular formula is C13H25N3O3. The quantitative estimate of drug-likeness (QED) is 0.724. The first-order valence-electron chi connectivity index (χ1n) is 7.02. The van der Waals surface area contributed by atoms with E-state index in [4.69, 9.17) is 5.11 Å². The van der Waals surface area contributed by atoms with Gasteiger partial charge in [0.1, 0.15) is 0 Å². The van der Waals surface area contributed by atoms with Gasteiger partial charge in [0.2, 0.25) is 0 Å². The lowest BCUT2D eigenvalue weighted by Crippen LogP contribution is -2.48. The molecule has 2 N–H and O–H groups in total. The largest absolute Gasteiger partial charge is 0.481 e. The number of urea groups is 1. The van der Waals surface area contributed by atoms with Crippen molar-refractivity contribution < 1.29 is 14.7 Å². The van der Waals surface area contributed by atoms with Crippen LogP contribution >= 0.6 is 0 Å². The van der Waals surface area contributed by atoms with Crippen LogP contribution in [0.15, 0.2) is 0 Å². The maximum atomic E-state index is 12.0. The van der Waals surface area contributed by atoms with Crippen molar-refractivity contribution in [3.63, 3.8) is 0 Å². The van der Waals surface area contributed by atoms with Crippen molar-refractivity contribution in [2.75, 3.05) is 32.7 Å². The summed E-state index contributed by atoms with van der Waals surface area (Å²) in [6, 6.07) is -0.0834. The van der Waals surface area contributed by atoms with Crippen LogP contribution in [0.25, 0.3) is 0 Å². The highest BCUT2D eigenvalue weighted by Crippen LogP contribution is 2.07. The van der Waals surface area contributed by atoms with Gasteiger partial charge in [0.05, 0.1) is 6.42 Å². The summed E-state index contributed by atoms with van der Waals surface area (Å²) >= 11 is 0. The van der Waals surface area contributed by atoms with Crippen LogP contribution in [0, 0.1) is 0 Å². The Morgan fingerprint density at radius 1 is 1.37 bits per heavy atom. The van der Waals surface area contributed by atoms with Crippen molar-refractivity contribution in [2.45, 2.75) is 39.2 Å². The van der Waals surface area contributed by atoms with Crippen molar-refractivity contribution in [3.8, 4) is 0 Å². The number of aliphatic carboxylic acids is 1. The van der Waals surface area contributed by atoms with E-state index in [0.29, 0.717) is 6.54 Å². The Morgan fingerprint density at radius 3 is 2.53 bits per heavy atom. The van der Waals surface area contributed by atoms with Crippen LogP contribution in [0.1, 0.15) is 33.1 Å². The molecule has 0 aliphatic carbocycles. The third-order valence-electron chi connectivity index (χ3n) is 3.37. The van der Waals surface area contributed by atoms with Gasteiger partial charge in [-0.05, 0) is 39.8 Å². The van der Waals surface area contributed by atoms with Gasteiger partial charge in [-0.25, -0.2) is 4.79 Å². The molecule has 1 heterocycles. The van der Waals surface area contributed by atoms with E-state index in [0.717, 1.165) is 19.6 Å². The van der Waals surface area contributed by atoms with Crippen molar-refractivity contribution in [3.05, 3.63) is 0 Å². The molecule has 1 aliphatic rings. The molecule has 1 unspecified atom stereocenters. The van der Waals surface area contributed by atoms with Crippen LogP contribution < -0.4 is 5.32 Å². The van der Waals surface area contributed by atoms with E-state index >= 15 is 0 Å². The summed E-state index contributed by atoms with van der Waals surface area (Å²) in [5, 5.41) is 11.6. The Morgan fingerprint density at radius 2 is 2.00 bits per heavy atom. The molecule has 0 spiro atoms. The second kappa shape index (κ2) is 7.99. The lowest BCUT2D eigenvalue weighted by atomic mass is 10.3. The van der Waals surface area contributed by atoms with Crippen LogP contribution in [0.2, 0.25) is 0 Å². The van der Waals surface area contributed by atoms with Crippen LogP contribution in [-0.4, -0.2) is 65.7 Å². The van der Waals surface area contributed by atoms with Gasteiger partial charge in [0, 0.05) is 25.7 Å². The number of carbonyl (C=O) groups is 2. The molecule has 6 nitrogen and oxygen atoms in total. The first-order valence-corrected chi connectivity index (χ1v) is 7.02. The van der Waals surface area contributed by atoms with E-state index in [1.165, 1.54) is 17.7 Å². The molecule has 0 radical (unpaired) electrons. The first kappa shape index (κ1) is 15.8. The summed E-state index contributed by atoms with van der Waals surface area (Å²) < 4.78 is 0. The normalized spacial score (nSPS) is 17.2. The molecule has 2 amide bonds. The SMILES string of the molecule is CCN(CCC(=O)O)C(=O)NC(C)CN1CCCC1. The van der Waals surface area contributed by atoms with Gasteiger partial charge in [-0.1, -0.05) is 0 Å². The highest BCUT2D eigenvalue weighted by molar-refractivity contribution is 5.75.